The quantitative estimate of drug-likeness (QED) is 0.696. The highest BCUT2D eigenvalue weighted by atomic mass is 15.1. The molecule has 1 unspecified atom stereocenters. The van der Waals surface area contributed by atoms with Crippen LogP contribution in [-0.2, 0) is 6.54 Å². The van der Waals surface area contributed by atoms with E-state index in [0.717, 1.165) is 13.1 Å². The molecule has 1 aromatic heterocycles. The fraction of sp³-hybridized carbons (Fsp3) is 0.533. The smallest absolute Gasteiger partial charge is 0.0271 e. The highest BCUT2D eigenvalue weighted by Crippen LogP contribution is 2.10. The van der Waals surface area contributed by atoms with Crippen molar-refractivity contribution in [3.8, 4) is 0 Å². The van der Waals surface area contributed by atoms with Gasteiger partial charge >= 0.3 is 0 Å². The van der Waals surface area contributed by atoms with Crippen molar-refractivity contribution in [2.24, 2.45) is 0 Å². The number of pyridine rings is 1. The van der Waals surface area contributed by atoms with Gasteiger partial charge in [0.25, 0.3) is 0 Å². The molecule has 0 aliphatic rings. The van der Waals surface area contributed by atoms with Crippen molar-refractivity contribution in [3.05, 3.63) is 41.7 Å². The zero-order chi connectivity index (χ0) is 12.7. The van der Waals surface area contributed by atoms with Crippen LogP contribution in [0.1, 0.15) is 39.7 Å². The van der Waals surface area contributed by atoms with Gasteiger partial charge in [0.2, 0.25) is 0 Å². The predicted octanol–water partition coefficient (Wildman–Crippen LogP) is 3.65. The van der Waals surface area contributed by atoms with E-state index in [0.29, 0.717) is 6.04 Å². The van der Waals surface area contributed by atoms with Gasteiger partial charge in [-0.05, 0) is 44.9 Å². The van der Waals surface area contributed by atoms with Crippen LogP contribution in [0.3, 0.4) is 0 Å². The fourth-order valence-corrected chi connectivity index (χ4v) is 1.68. The number of hydrogen-bond donors (Lipinski definition) is 0. The molecule has 1 heterocycles. The molecule has 2 heteroatoms. The van der Waals surface area contributed by atoms with E-state index in [1.54, 1.807) is 0 Å². The Morgan fingerprint density at radius 3 is 2.53 bits per heavy atom. The van der Waals surface area contributed by atoms with Crippen molar-refractivity contribution < 1.29 is 0 Å². The number of aromatic nitrogens is 1. The summed E-state index contributed by atoms with van der Waals surface area (Å²) < 4.78 is 0. The van der Waals surface area contributed by atoms with Crippen molar-refractivity contribution in [2.45, 2.75) is 46.7 Å². The third-order valence-electron chi connectivity index (χ3n) is 3.08. The second-order valence-corrected chi connectivity index (χ2v) is 4.82. The summed E-state index contributed by atoms with van der Waals surface area (Å²) in [6, 6.07) is 4.80. The summed E-state index contributed by atoms with van der Waals surface area (Å²) >= 11 is 0. The molecule has 0 aromatic carbocycles. The van der Waals surface area contributed by atoms with Gasteiger partial charge in [0.05, 0.1) is 0 Å². The number of hydrogen-bond acceptors (Lipinski definition) is 2. The second kappa shape index (κ2) is 7.23. The third-order valence-corrected chi connectivity index (χ3v) is 3.08. The van der Waals surface area contributed by atoms with Crippen LogP contribution in [0, 0.1) is 0 Å². The van der Waals surface area contributed by atoms with Crippen molar-refractivity contribution in [1.29, 1.82) is 0 Å². The highest BCUT2D eigenvalue weighted by molar-refractivity contribution is 5.10. The largest absolute Gasteiger partial charge is 0.293 e. The van der Waals surface area contributed by atoms with Gasteiger partial charge in [-0.25, -0.2) is 0 Å². The first-order chi connectivity index (χ1) is 8.13. The van der Waals surface area contributed by atoms with Gasteiger partial charge < -0.3 is 0 Å². The molecule has 0 radical (unpaired) electrons. The van der Waals surface area contributed by atoms with Crippen LogP contribution in [0.5, 0.6) is 0 Å². The number of rotatable bonds is 6. The Morgan fingerprint density at radius 1 is 1.35 bits per heavy atom. The maximum absolute atomic E-state index is 4.06. The molecule has 1 atom stereocenters. The molecule has 0 spiro atoms. The van der Waals surface area contributed by atoms with E-state index >= 15 is 0 Å². The molecule has 0 N–H and O–H groups in total. The average molecular weight is 232 g/mol. The molecule has 0 saturated heterocycles. The molecule has 0 fully saturated rings. The van der Waals surface area contributed by atoms with E-state index in [4.69, 9.17) is 0 Å². The average Bonchev–Trinajstić information content (AvgIpc) is 2.34. The maximum atomic E-state index is 4.06. The molecule has 2 nitrogen and oxygen atoms in total. The van der Waals surface area contributed by atoms with E-state index in [1.165, 1.54) is 17.6 Å². The van der Waals surface area contributed by atoms with Gasteiger partial charge in [0.15, 0.2) is 0 Å². The maximum Gasteiger partial charge on any atom is 0.0271 e. The lowest BCUT2D eigenvalue weighted by Crippen LogP contribution is -2.32. The molecule has 94 valence electrons. The summed E-state index contributed by atoms with van der Waals surface area (Å²) in [4.78, 5) is 6.56. The van der Waals surface area contributed by atoms with Gasteiger partial charge in [0.1, 0.15) is 0 Å². The standard InChI is InChI=1S/C15H24N2/c1-5-14(4)17(11-8-13(2)3)12-15-6-9-16-10-7-15/h6-10,14H,5,11-12H2,1-4H3. The second-order valence-electron chi connectivity index (χ2n) is 4.82. The lowest BCUT2D eigenvalue weighted by Gasteiger charge is -2.27. The van der Waals surface area contributed by atoms with E-state index in [2.05, 4.69) is 55.8 Å². The summed E-state index contributed by atoms with van der Waals surface area (Å²) in [5, 5.41) is 0. The molecular formula is C15H24N2. The molecule has 0 amide bonds. The highest BCUT2D eigenvalue weighted by Gasteiger charge is 2.10. The van der Waals surface area contributed by atoms with Crippen molar-refractivity contribution >= 4 is 0 Å². The van der Waals surface area contributed by atoms with E-state index in [9.17, 15) is 0 Å². The Balaban J connectivity index is 2.67. The zero-order valence-corrected chi connectivity index (χ0v) is 11.5. The van der Waals surface area contributed by atoms with E-state index in [-0.39, 0.29) is 0 Å². The summed E-state index contributed by atoms with van der Waals surface area (Å²) in [7, 11) is 0. The molecule has 0 aliphatic carbocycles. The molecule has 0 bridgehead atoms. The first kappa shape index (κ1) is 13.9. The van der Waals surface area contributed by atoms with Crippen LogP contribution in [-0.4, -0.2) is 22.5 Å². The van der Waals surface area contributed by atoms with Gasteiger partial charge in [-0.3, -0.25) is 9.88 Å². The minimum Gasteiger partial charge on any atom is -0.293 e. The molecule has 17 heavy (non-hydrogen) atoms. The molecule has 1 rings (SSSR count). The van der Waals surface area contributed by atoms with Gasteiger partial charge in [-0.2, -0.15) is 0 Å². The van der Waals surface area contributed by atoms with Crippen LogP contribution in [0.25, 0.3) is 0 Å². The fourth-order valence-electron chi connectivity index (χ4n) is 1.68. The summed E-state index contributed by atoms with van der Waals surface area (Å²) in [6.45, 7) is 10.9. The molecule has 0 aliphatic heterocycles. The third kappa shape index (κ3) is 5.14. The first-order valence-electron chi connectivity index (χ1n) is 6.39. The van der Waals surface area contributed by atoms with Crippen LogP contribution in [0.2, 0.25) is 0 Å². The lowest BCUT2D eigenvalue weighted by atomic mass is 10.1. The van der Waals surface area contributed by atoms with Crippen LogP contribution < -0.4 is 0 Å². The Morgan fingerprint density at radius 2 is 2.00 bits per heavy atom. The monoisotopic (exact) mass is 232 g/mol. The Bertz CT molecular complexity index is 339. The SMILES string of the molecule is CCC(C)N(CC=C(C)C)Cc1ccncc1. The molecule has 1 aromatic rings. The van der Waals surface area contributed by atoms with Crippen molar-refractivity contribution in [3.63, 3.8) is 0 Å². The van der Waals surface area contributed by atoms with Crippen LogP contribution in [0.15, 0.2) is 36.2 Å². The lowest BCUT2D eigenvalue weighted by molar-refractivity contribution is 0.217. The Hall–Kier alpha value is -1.15. The molecular weight excluding hydrogens is 208 g/mol. The van der Waals surface area contributed by atoms with E-state index < -0.39 is 0 Å². The van der Waals surface area contributed by atoms with Crippen LogP contribution >= 0.6 is 0 Å². The zero-order valence-electron chi connectivity index (χ0n) is 11.5. The summed E-state index contributed by atoms with van der Waals surface area (Å²) in [6.07, 6.45) is 7.21. The summed E-state index contributed by atoms with van der Waals surface area (Å²) in [5.74, 6) is 0. The topological polar surface area (TPSA) is 16.1 Å². The minimum atomic E-state index is 0.610. The summed E-state index contributed by atoms with van der Waals surface area (Å²) in [5.41, 5.74) is 2.72. The van der Waals surface area contributed by atoms with Gasteiger partial charge in [0, 0.05) is 31.5 Å². The first-order valence-corrected chi connectivity index (χ1v) is 6.39. The minimum absolute atomic E-state index is 0.610. The van der Waals surface area contributed by atoms with Gasteiger partial charge in [-0.15, -0.1) is 0 Å². The molecule has 0 saturated carbocycles. The van der Waals surface area contributed by atoms with E-state index in [1.807, 2.05) is 12.4 Å². The van der Waals surface area contributed by atoms with Crippen molar-refractivity contribution in [2.75, 3.05) is 6.54 Å². The Kier molecular flexibility index (Phi) is 5.92. The Labute approximate surface area is 105 Å². The normalized spacial score (nSPS) is 12.5. The number of nitrogens with zero attached hydrogens (tertiary/aromatic N) is 2. The number of allylic oxidation sites excluding steroid dienone is 1. The van der Waals surface area contributed by atoms with Crippen LogP contribution in [0.4, 0.5) is 0 Å². The van der Waals surface area contributed by atoms with Crippen molar-refractivity contribution in [1.82, 2.24) is 9.88 Å². The van der Waals surface area contributed by atoms with Gasteiger partial charge in [-0.1, -0.05) is 18.6 Å². The predicted molar refractivity (Wildman–Crippen MR) is 73.8 cm³/mol.